The summed E-state index contributed by atoms with van der Waals surface area (Å²) in [6, 6.07) is 0. The summed E-state index contributed by atoms with van der Waals surface area (Å²) in [7, 11) is 0. The summed E-state index contributed by atoms with van der Waals surface area (Å²) < 4.78 is 5.38. The van der Waals surface area contributed by atoms with Gasteiger partial charge in [0.2, 0.25) is 5.88 Å². The molecule has 5 nitrogen and oxygen atoms in total. The quantitative estimate of drug-likeness (QED) is 0.789. The van der Waals surface area contributed by atoms with Crippen LogP contribution in [0.5, 0.6) is 5.88 Å². The predicted octanol–water partition coefficient (Wildman–Crippen LogP) is 1.61. The minimum Gasteiger partial charge on any atom is -0.478 e. The molecule has 17 heavy (non-hydrogen) atoms. The van der Waals surface area contributed by atoms with E-state index in [9.17, 15) is 5.11 Å². The van der Waals surface area contributed by atoms with Crippen molar-refractivity contribution in [3.8, 4) is 5.88 Å². The molecule has 1 unspecified atom stereocenters. The zero-order chi connectivity index (χ0) is 12.8. The van der Waals surface area contributed by atoms with E-state index in [4.69, 9.17) is 4.74 Å². The van der Waals surface area contributed by atoms with Crippen LogP contribution < -0.4 is 10.1 Å². The average molecular weight is 239 g/mol. The number of aliphatic hydroxyl groups is 1. The number of hydrogen-bond acceptors (Lipinski definition) is 5. The van der Waals surface area contributed by atoms with Crippen molar-refractivity contribution in [3.63, 3.8) is 0 Å². The van der Waals surface area contributed by atoms with Crippen molar-refractivity contribution in [1.29, 1.82) is 0 Å². The molecule has 1 rings (SSSR count). The summed E-state index contributed by atoms with van der Waals surface area (Å²) in [6.07, 6.45) is 1.07. The number of aliphatic hydroxyl groups excluding tert-OH is 1. The normalized spacial score (nSPS) is 12.6. The van der Waals surface area contributed by atoms with Crippen LogP contribution in [0.2, 0.25) is 0 Å². The Bertz CT molecular complexity index is 356. The highest BCUT2D eigenvalue weighted by atomic mass is 16.5. The second-order valence-corrected chi connectivity index (χ2v) is 4.28. The molecule has 1 heterocycles. The second-order valence-electron chi connectivity index (χ2n) is 4.28. The fraction of sp³-hybridized carbons (Fsp3) is 0.667. The van der Waals surface area contributed by atoms with Crippen molar-refractivity contribution in [2.24, 2.45) is 5.92 Å². The molecule has 1 aromatic rings. The molecule has 0 aromatic carbocycles. The van der Waals surface area contributed by atoms with Gasteiger partial charge < -0.3 is 15.2 Å². The summed E-state index contributed by atoms with van der Waals surface area (Å²) in [5.74, 6) is 1.52. The van der Waals surface area contributed by atoms with Gasteiger partial charge in [-0.1, -0.05) is 13.8 Å². The molecule has 0 radical (unpaired) electrons. The van der Waals surface area contributed by atoms with Gasteiger partial charge in [-0.15, -0.1) is 0 Å². The lowest BCUT2D eigenvalue weighted by atomic mass is 10.1. The van der Waals surface area contributed by atoms with E-state index >= 15 is 0 Å². The average Bonchev–Trinajstić information content (AvgIpc) is 2.30. The van der Waals surface area contributed by atoms with Crippen molar-refractivity contribution in [2.45, 2.75) is 33.8 Å². The third-order valence-electron chi connectivity index (χ3n) is 2.57. The number of rotatable bonds is 6. The smallest absolute Gasteiger partial charge is 0.221 e. The first kappa shape index (κ1) is 13.7. The highest BCUT2D eigenvalue weighted by molar-refractivity contribution is 5.47. The molecule has 1 aromatic heterocycles. The Balaban J connectivity index is 2.68. The molecular formula is C12H21N3O2. The van der Waals surface area contributed by atoms with Crippen molar-refractivity contribution in [1.82, 2.24) is 9.97 Å². The van der Waals surface area contributed by atoms with E-state index in [2.05, 4.69) is 15.3 Å². The fourth-order valence-corrected chi connectivity index (χ4v) is 1.33. The monoisotopic (exact) mass is 239 g/mol. The van der Waals surface area contributed by atoms with E-state index in [0.717, 1.165) is 5.56 Å². The van der Waals surface area contributed by atoms with E-state index in [0.29, 0.717) is 24.8 Å². The van der Waals surface area contributed by atoms with E-state index in [-0.39, 0.29) is 12.0 Å². The van der Waals surface area contributed by atoms with E-state index in [1.807, 2.05) is 27.7 Å². The first-order valence-electron chi connectivity index (χ1n) is 5.92. The van der Waals surface area contributed by atoms with Crippen LogP contribution in [0.15, 0.2) is 6.33 Å². The van der Waals surface area contributed by atoms with Crippen molar-refractivity contribution < 1.29 is 9.84 Å². The number of anilines is 1. The Hall–Kier alpha value is -1.36. The summed E-state index contributed by atoms with van der Waals surface area (Å²) in [6.45, 7) is 8.81. The van der Waals surface area contributed by atoms with Crippen LogP contribution in [0.4, 0.5) is 5.82 Å². The van der Waals surface area contributed by atoms with Crippen LogP contribution in [-0.4, -0.2) is 34.3 Å². The van der Waals surface area contributed by atoms with Crippen LogP contribution in [-0.2, 0) is 0 Å². The molecule has 0 aliphatic heterocycles. The summed E-state index contributed by atoms with van der Waals surface area (Å²) in [4.78, 5) is 8.19. The second kappa shape index (κ2) is 6.39. The summed E-state index contributed by atoms with van der Waals surface area (Å²) in [5, 5.41) is 12.8. The highest BCUT2D eigenvalue weighted by Crippen LogP contribution is 2.20. The number of hydrogen-bond donors (Lipinski definition) is 2. The number of ether oxygens (including phenoxy) is 1. The van der Waals surface area contributed by atoms with Gasteiger partial charge in [0.15, 0.2) is 0 Å². The van der Waals surface area contributed by atoms with Gasteiger partial charge in [-0.25, -0.2) is 9.97 Å². The molecule has 96 valence electrons. The maximum absolute atomic E-state index is 9.71. The highest BCUT2D eigenvalue weighted by Gasteiger charge is 2.11. The zero-order valence-electron chi connectivity index (χ0n) is 10.9. The zero-order valence-corrected chi connectivity index (χ0v) is 10.9. The Kier molecular flexibility index (Phi) is 5.15. The maximum Gasteiger partial charge on any atom is 0.221 e. The third kappa shape index (κ3) is 3.85. The molecule has 0 fully saturated rings. The first-order valence-corrected chi connectivity index (χ1v) is 5.92. The van der Waals surface area contributed by atoms with Gasteiger partial charge in [-0.05, 0) is 19.8 Å². The third-order valence-corrected chi connectivity index (χ3v) is 2.57. The fourth-order valence-electron chi connectivity index (χ4n) is 1.33. The standard InChI is InChI=1S/C12H21N3O2/c1-5-17-12-9(4)11(14-7-15-12)13-6-10(16)8(2)3/h7-8,10,16H,5-6H2,1-4H3,(H,13,14,15). The van der Waals surface area contributed by atoms with Gasteiger partial charge in [0.05, 0.1) is 18.3 Å². The molecule has 0 aliphatic rings. The van der Waals surface area contributed by atoms with Crippen LogP contribution in [0.1, 0.15) is 26.3 Å². The molecule has 0 saturated carbocycles. The number of aromatic nitrogens is 2. The van der Waals surface area contributed by atoms with Gasteiger partial charge >= 0.3 is 0 Å². The van der Waals surface area contributed by atoms with Crippen molar-refractivity contribution in [3.05, 3.63) is 11.9 Å². The Labute approximate surface area is 102 Å². The van der Waals surface area contributed by atoms with E-state index < -0.39 is 0 Å². The van der Waals surface area contributed by atoms with E-state index in [1.54, 1.807) is 0 Å². The van der Waals surface area contributed by atoms with Gasteiger partial charge in [0, 0.05) is 6.54 Å². The van der Waals surface area contributed by atoms with Gasteiger partial charge in [0.1, 0.15) is 12.1 Å². The molecule has 0 amide bonds. The lowest BCUT2D eigenvalue weighted by Gasteiger charge is -2.17. The van der Waals surface area contributed by atoms with Crippen molar-refractivity contribution >= 4 is 5.82 Å². The summed E-state index contributed by atoms with van der Waals surface area (Å²) >= 11 is 0. The molecule has 0 bridgehead atoms. The van der Waals surface area contributed by atoms with Gasteiger partial charge in [0.25, 0.3) is 0 Å². The lowest BCUT2D eigenvalue weighted by molar-refractivity contribution is 0.138. The summed E-state index contributed by atoms with van der Waals surface area (Å²) in [5.41, 5.74) is 0.866. The largest absolute Gasteiger partial charge is 0.478 e. The predicted molar refractivity (Wildman–Crippen MR) is 67.3 cm³/mol. The topological polar surface area (TPSA) is 67.3 Å². The molecule has 2 N–H and O–H groups in total. The Morgan fingerprint density at radius 2 is 2.12 bits per heavy atom. The van der Waals surface area contributed by atoms with Gasteiger partial charge in [-0.2, -0.15) is 0 Å². The first-order chi connectivity index (χ1) is 8.06. The minimum absolute atomic E-state index is 0.219. The van der Waals surface area contributed by atoms with Crippen LogP contribution in [0.25, 0.3) is 0 Å². The maximum atomic E-state index is 9.71. The molecule has 0 aliphatic carbocycles. The number of nitrogens with one attached hydrogen (secondary N) is 1. The molecule has 0 spiro atoms. The lowest BCUT2D eigenvalue weighted by Crippen LogP contribution is -2.25. The minimum atomic E-state index is -0.389. The van der Waals surface area contributed by atoms with Crippen LogP contribution in [0.3, 0.4) is 0 Å². The van der Waals surface area contributed by atoms with Crippen molar-refractivity contribution in [2.75, 3.05) is 18.5 Å². The van der Waals surface area contributed by atoms with E-state index in [1.165, 1.54) is 6.33 Å². The molecular weight excluding hydrogens is 218 g/mol. The molecule has 0 saturated heterocycles. The molecule has 1 atom stereocenters. The van der Waals surface area contributed by atoms with Crippen LogP contribution in [0, 0.1) is 12.8 Å². The Morgan fingerprint density at radius 3 is 2.71 bits per heavy atom. The van der Waals surface area contributed by atoms with Crippen LogP contribution >= 0.6 is 0 Å². The SMILES string of the molecule is CCOc1ncnc(NCC(O)C(C)C)c1C. The number of nitrogens with zero attached hydrogens (tertiary/aromatic N) is 2. The Morgan fingerprint density at radius 1 is 1.41 bits per heavy atom. The van der Waals surface area contributed by atoms with Gasteiger partial charge in [-0.3, -0.25) is 0 Å². The molecule has 5 heteroatoms.